The quantitative estimate of drug-likeness (QED) is 0.769. The van der Waals surface area contributed by atoms with Gasteiger partial charge in [-0.2, -0.15) is 0 Å². The van der Waals surface area contributed by atoms with Gasteiger partial charge in [0.15, 0.2) is 0 Å². The largest absolute Gasteiger partial charge is 0.382 e. The number of nitrogens with one attached hydrogen (secondary N) is 2. The van der Waals surface area contributed by atoms with Crippen LogP contribution < -0.4 is 10.2 Å². The minimum absolute atomic E-state index is 0.626. The Bertz CT molecular complexity index is 323. The molecule has 88 valence electrons. The van der Waals surface area contributed by atoms with Crippen LogP contribution in [-0.4, -0.2) is 25.7 Å². The van der Waals surface area contributed by atoms with Crippen LogP contribution in [0.15, 0.2) is 30.3 Å². The molecular formula is C14H23N2+. The van der Waals surface area contributed by atoms with Crippen LogP contribution in [0.3, 0.4) is 0 Å². The first-order valence-electron chi connectivity index (χ1n) is 6.30. The van der Waals surface area contributed by atoms with E-state index in [0.29, 0.717) is 6.04 Å². The maximum Gasteiger partial charge on any atom is 0.0864 e. The van der Waals surface area contributed by atoms with Crippen LogP contribution in [0, 0.1) is 5.92 Å². The number of benzene rings is 1. The van der Waals surface area contributed by atoms with Gasteiger partial charge in [-0.3, -0.25) is 0 Å². The lowest BCUT2D eigenvalue weighted by molar-refractivity contribution is -0.913. The van der Waals surface area contributed by atoms with Crippen LogP contribution >= 0.6 is 0 Å². The molecule has 0 amide bonds. The highest BCUT2D eigenvalue weighted by atomic mass is 15.2. The summed E-state index contributed by atoms with van der Waals surface area (Å²) in [5, 5.41) is 3.67. The van der Waals surface area contributed by atoms with E-state index >= 15 is 0 Å². The number of rotatable bonds is 2. The van der Waals surface area contributed by atoms with Crippen molar-refractivity contribution in [1.29, 1.82) is 0 Å². The van der Waals surface area contributed by atoms with Crippen molar-refractivity contribution in [2.75, 3.05) is 18.9 Å². The molecule has 1 aromatic rings. The minimum Gasteiger partial charge on any atom is -0.382 e. The van der Waals surface area contributed by atoms with Crippen molar-refractivity contribution in [3.8, 4) is 0 Å². The first-order chi connectivity index (χ1) is 7.66. The highest BCUT2D eigenvalue weighted by Gasteiger charge is 2.31. The normalized spacial score (nSPS) is 34.7. The Labute approximate surface area is 98.7 Å². The van der Waals surface area contributed by atoms with Crippen molar-refractivity contribution in [2.45, 2.75) is 32.4 Å². The van der Waals surface area contributed by atoms with Gasteiger partial charge >= 0.3 is 0 Å². The summed E-state index contributed by atoms with van der Waals surface area (Å²) in [6.07, 6.45) is 1.27. The molecule has 4 atom stereocenters. The van der Waals surface area contributed by atoms with E-state index in [0.717, 1.165) is 12.0 Å². The first-order valence-corrected chi connectivity index (χ1v) is 6.30. The van der Waals surface area contributed by atoms with Gasteiger partial charge in [0, 0.05) is 24.1 Å². The second-order valence-electron chi connectivity index (χ2n) is 5.28. The molecule has 0 aromatic heterocycles. The zero-order valence-electron chi connectivity index (χ0n) is 10.5. The number of hydrogen-bond acceptors (Lipinski definition) is 1. The summed E-state index contributed by atoms with van der Waals surface area (Å²) in [5.41, 5.74) is 1.26. The Morgan fingerprint density at radius 2 is 1.88 bits per heavy atom. The van der Waals surface area contributed by atoms with Gasteiger partial charge in [-0.15, -0.1) is 0 Å². The van der Waals surface area contributed by atoms with Crippen molar-refractivity contribution in [2.24, 2.45) is 5.92 Å². The van der Waals surface area contributed by atoms with E-state index in [1.807, 2.05) is 0 Å². The number of para-hydroxylation sites is 1. The zero-order chi connectivity index (χ0) is 11.5. The Hall–Kier alpha value is -1.02. The predicted octanol–water partition coefficient (Wildman–Crippen LogP) is 1.41. The second-order valence-corrected chi connectivity index (χ2v) is 5.28. The highest BCUT2D eigenvalue weighted by molar-refractivity contribution is 5.43. The number of hydrogen-bond donors (Lipinski definition) is 2. The summed E-state index contributed by atoms with van der Waals surface area (Å²) in [7, 11) is 2.31. The van der Waals surface area contributed by atoms with E-state index in [1.54, 1.807) is 4.90 Å². The maximum atomic E-state index is 3.67. The fourth-order valence-electron chi connectivity index (χ4n) is 2.62. The van der Waals surface area contributed by atoms with Gasteiger partial charge < -0.3 is 10.2 Å². The maximum absolute atomic E-state index is 3.67. The third-order valence-electron chi connectivity index (χ3n) is 3.91. The third-order valence-corrected chi connectivity index (χ3v) is 3.91. The lowest BCUT2D eigenvalue weighted by atomic mass is 9.89. The average Bonchev–Trinajstić information content (AvgIpc) is 2.27. The minimum atomic E-state index is 0.626. The first kappa shape index (κ1) is 11.5. The molecule has 2 heteroatoms. The molecule has 0 radical (unpaired) electrons. The summed E-state index contributed by atoms with van der Waals surface area (Å²) in [6.45, 7) is 5.97. The summed E-state index contributed by atoms with van der Waals surface area (Å²) in [5.74, 6) is 0.747. The molecule has 2 rings (SSSR count). The summed E-state index contributed by atoms with van der Waals surface area (Å²) < 4.78 is 0. The molecule has 2 nitrogen and oxygen atoms in total. The topological polar surface area (TPSA) is 16.5 Å². The molecular weight excluding hydrogens is 196 g/mol. The van der Waals surface area contributed by atoms with E-state index in [2.05, 4.69) is 56.5 Å². The molecule has 1 fully saturated rings. The molecule has 0 saturated carbocycles. The lowest BCUT2D eigenvalue weighted by Gasteiger charge is -2.37. The standard InChI is InChI=1S/C14H22N2/c1-11-10-16(3)12(2)9-14(11)15-13-7-5-4-6-8-13/h4-8,11-12,14-15H,9-10H2,1-3H3/p+1/t11-,12-,14+/m0/s1. The molecule has 0 spiro atoms. The van der Waals surface area contributed by atoms with E-state index < -0.39 is 0 Å². The zero-order valence-corrected chi connectivity index (χ0v) is 10.5. The van der Waals surface area contributed by atoms with Crippen molar-refractivity contribution in [1.82, 2.24) is 0 Å². The van der Waals surface area contributed by atoms with Gasteiger partial charge in [-0.05, 0) is 19.1 Å². The molecule has 2 N–H and O–H groups in total. The van der Waals surface area contributed by atoms with Crippen LogP contribution in [-0.2, 0) is 0 Å². The van der Waals surface area contributed by atoms with Gasteiger partial charge in [0.25, 0.3) is 0 Å². The molecule has 1 aliphatic rings. The molecule has 1 aliphatic heterocycles. The smallest absolute Gasteiger partial charge is 0.0864 e. The SMILES string of the molecule is C[C@H]1C[NH+](C)[C@@H](C)C[C@H]1Nc1ccccc1. The molecule has 0 aliphatic carbocycles. The molecule has 1 heterocycles. The van der Waals surface area contributed by atoms with Crippen LogP contribution in [0.25, 0.3) is 0 Å². The van der Waals surface area contributed by atoms with Gasteiger partial charge in [-0.1, -0.05) is 25.1 Å². The van der Waals surface area contributed by atoms with E-state index in [1.165, 1.54) is 18.7 Å². The van der Waals surface area contributed by atoms with Gasteiger partial charge in [0.05, 0.1) is 19.6 Å². The fourth-order valence-corrected chi connectivity index (χ4v) is 2.62. The number of quaternary nitrogens is 1. The number of anilines is 1. The summed E-state index contributed by atoms with van der Waals surface area (Å²) >= 11 is 0. The highest BCUT2D eigenvalue weighted by Crippen LogP contribution is 2.17. The van der Waals surface area contributed by atoms with E-state index in [-0.39, 0.29) is 0 Å². The Balaban J connectivity index is 2.00. The number of piperidine rings is 1. The van der Waals surface area contributed by atoms with E-state index in [4.69, 9.17) is 0 Å². The summed E-state index contributed by atoms with van der Waals surface area (Å²) in [6, 6.07) is 12.0. The van der Waals surface area contributed by atoms with E-state index in [9.17, 15) is 0 Å². The van der Waals surface area contributed by atoms with Gasteiger partial charge in [-0.25, -0.2) is 0 Å². The number of likely N-dealkylation sites (tertiary alicyclic amines) is 1. The van der Waals surface area contributed by atoms with Crippen LogP contribution in [0.4, 0.5) is 5.69 Å². The van der Waals surface area contributed by atoms with Crippen molar-refractivity contribution < 1.29 is 4.90 Å². The van der Waals surface area contributed by atoms with Gasteiger partial charge in [0.1, 0.15) is 0 Å². The molecule has 16 heavy (non-hydrogen) atoms. The van der Waals surface area contributed by atoms with Crippen molar-refractivity contribution in [3.05, 3.63) is 30.3 Å². The van der Waals surface area contributed by atoms with Crippen molar-refractivity contribution in [3.63, 3.8) is 0 Å². The Morgan fingerprint density at radius 1 is 1.19 bits per heavy atom. The lowest BCUT2D eigenvalue weighted by Crippen LogP contribution is -3.14. The van der Waals surface area contributed by atoms with Crippen LogP contribution in [0.1, 0.15) is 20.3 Å². The molecule has 1 saturated heterocycles. The predicted molar refractivity (Wildman–Crippen MR) is 68.8 cm³/mol. The Morgan fingerprint density at radius 3 is 2.56 bits per heavy atom. The third kappa shape index (κ3) is 2.56. The van der Waals surface area contributed by atoms with Crippen LogP contribution in [0.2, 0.25) is 0 Å². The molecule has 1 aromatic carbocycles. The fraction of sp³-hybridized carbons (Fsp3) is 0.571. The summed E-state index contributed by atoms with van der Waals surface area (Å²) in [4.78, 5) is 1.67. The average molecular weight is 219 g/mol. The van der Waals surface area contributed by atoms with Crippen LogP contribution in [0.5, 0.6) is 0 Å². The molecule has 0 bridgehead atoms. The monoisotopic (exact) mass is 219 g/mol. The van der Waals surface area contributed by atoms with Crippen molar-refractivity contribution >= 4 is 5.69 Å². The Kier molecular flexibility index (Phi) is 3.49. The molecule has 1 unspecified atom stereocenters. The van der Waals surface area contributed by atoms with Gasteiger partial charge in [0.2, 0.25) is 0 Å². The second kappa shape index (κ2) is 4.88.